The summed E-state index contributed by atoms with van der Waals surface area (Å²) in [7, 11) is 0.749. The van der Waals surface area contributed by atoms with Crippen molar-refractivity contribution < 1.29 is 4.43 Å². The molecule has 0 aliphatic heterocycles. The van der Waals surface area contributed by atoms with E-state index in [1.54, 1.807) is 0 Å². The fraction of sp³-hybridized carbons (Fsp3) is 1.00. The van der Waals surface area contributed by atoms with Gasteiger partial charge < -0.3 is 4.43 Å². The molecular weight excluding hydrogens is 356 g/mol. The van der Waals surface area contributed by atoms with Crippen LogP contribution >= 0.6 is 0 Å². The van der Waals surface area contributed by atoms with E-state index in [9.17, 15) is 0 Å². The fourth-order valence-corrected chi connectivity index (χ4v) is 4.75. The fourth-order valence-electron chi connectivity index (χ4n) is 3.82. The van der Waals surface area contributed by atoms with Crippen molar-refractivity contribution in [2.45, 2.75) is 161 Å². The third-order valence-electron chi connectivity index (χ3n) is 5.83. The molecule has 2 heteroatoms. The molecule has 2 radical (unpaired) electrons. The van der Waals surface area contributed by atoms with Gasteiger partial charge in [0.05, 0.1) is 0 Å². The third-order valence-corrected chi connectivity index (χ3v) is 6.80. The molecule has 0 aliphatic rings. The molecule has 0 saturated heterocycles. The summed E-state index contributed by atoms with van der Waals surface area (Å²) in [6.07, 6.45) is 31.6. The molecule has 0 bridgehead atoms. The van der Waals surface area contributed by atoms with E-state index in [1.807, 2.05) is 0 Å². The Hall–Kier alpha value is 0.177. The molecule has 0 amide bonds. The summed E-state index contributed by atoms with van der Waals surface area (Å²) in [4.78, 5) is 0. The first-order chi connectivity index (χ1) is 13.9. The van der Waals surface area contributed by atoms with Crippen molar-refractivity contribution in [3.05, 3.63) is 0 Å². The number of hydrogen-bond donors (Lipinski definition) is 0. The molecule has 28 heavy (non-hydrogen) atoms. The van der Waals surface area contributed by atoms with E-state index < -0.39 is 0 Å². The van der Waals surface area contributed by atoms with E-state index in [-0.39, 0.29) is 0 Å². The number of hydrogen-bond acceptors (Lipinski definition) is 1. The van der Waals surface area contributed by atoms with Crippen molar-refractivity contribution >= 4 is 9.76 Å². The van der Waals surface area contributed by atoms with E-state index in [0.29, 0.717) is 0 Å². The van der Waals surface area contributed by atoms with Crippen molar-refractivity contribution in [3.8, 4) is 0 Å². The molecule has 0 rings (SSSR count). The molecule has 168 valence electrons. The lowest BCUT2D eigenvalue weighted by Gasteiger charge is -2.04. The van der Waals surface area contributed by atoms with Gasteiger partial charge in [0.25, 0.3) is 0 Å². The smallest absolute Gasteiger partial charge is 0.229 e. The Labute approximate surface area is 182 Å². The van der Waals surface area contributed by atoms with Crippen LogP contribution in [0.5, 0.6) is 0 Å². The highest BCUT2D eigenvalue weighted by molar-refractivity contribution is 6.26. The highest BCUT2D eigenvalue weighted by Crippen LogP contribution is 2.14. The van der Waals surface area contributed by atoms with Crippen LogP contribution in [0.3, 0.4) is 0 Å². The first-order valence-electron chi connectivity index (χ1n) is 13.3. The van der Waals surface area contributed by atoms with Gasteiger partial charge in [-0.05, 0) is 12.5 Å². The van der Waals surface area contributed by atoms with Crippen LogP contribution in [0.1, 0.15) is 155 Å². The van der Waals surface area contributed by atoms with Gasteiger partial charge in [-0.3, -0.25) is 0 Å². The molecule has 0 aromatic rings. The summed E-state index contributed by atoms with van der Waals surface area (Å²) in [6, 6.07) is 1.27. The van der Waals surface area contributed by atoms with Gasteiger partial charge in [-0.2, -0.15) is 0 Å². The summed E-state index contributed by atoms with van der Waals surface area (Å²) in [5.74, 6) is 0. The molecular formula is C26H54OSi. The Morgan fingerprint density at radius 3 is 1.07 bits per heavy atom. The van der Waals surface area contributed by atoms with Crippen molar-refractivity contribution in [2.24, 2.45) is 0 Å². The van der Waals surface area contributed by atoms with Crippen LogP contribution in [0, 0.1) is 0 Å². The second kappa shape index (κ2) is 27.2. The Balaban J connectivity index is 2.96. The van der Waals surface area contributed by atoms with Gasteiger partial charge in [0.1, 0.15) is 0 Å². The zero-order chi connectivity index (χ0) is 20.4. The van der Waals surface area contributed by atoms with E-state index in [1.165, 1.54) is 147 Å². The minimum absolute atomic E-state index is 0.749. The average Bonchev–Trinajstić information content (AvgIpc) is 2.71. The molecule has 0 aliphatic carbocycles. The van der Waals surface area contributed by atoms with Crippen LogP contribution in [0.15, 0.2) is 0 Å². The first-order valence-corrected chi connectivity index (χ1v) is 14.4. The van der Waals surface area contributed by atoms with Crippen LogP contribution in [-0.2, 0) is 4.43 Å². The average molecular weight is 411 g/mol. The normalized spacial score (nSPS) is 11.4. The highest BCUT2D eigenvalue weighted by Gasteiger charge is 1.96. The monoisotopic (exact) mass is 410 g/mol. The minimum Gasteiger partial charge on any atom is -0.417 e. The Kier molecular flexibility index (Phi) is 27.3. The first kappa shape index (κ1) is 28.2. The molecule has 0 aromatic carbocycles. The molecule has 0 atom stereocenters. The lowest BCUT2D eigenvalue weighted by Crippen LogP contribution is -2.00. The molecule has 0 spiro atoms. The van der Waals surface area contributed by atoms with Gasteiger partial charge in [0.15, 0.2) is 0 Å². The summed E-state index contributed by atoms with van der Waals surface area (Å²) in [6.45, 7) is 5.55. The van der Waals surface area contributed by atoms with Crippen LogP contribution in [0.25, 0.3) is 0 Å². The molecule has 1 nitrogen and oxygen atoms in total. The lowest BCUT2D eigenvalue weighted by atomic mass is 10.0. The molecule has 0 aromatic heterocycles. The standard InChI is InChI=1S/C26H54OSi/c1-3-5-7-8-9-10-11-12-13-14-15-16-17-18-19-20-21-22-23-24-25-27-28-26-6-4-2/h3-26H2,1-2H3. The maximum absolute atomic E-state index is 5.70. The second-order valence-corrected chi connectivity index (χ2v) is 9.89. The Bertz CT molecular complexity index is 231. The van der Waals surface area contributed by atoms with Crippen LogP contribution < -0.4 is 0 Å². The number of unbranched alkanes of at least 4 members (excludes halogenated alkanes) is 20. The summed E-state index contributed by atoms with van der Waals surface area (Å²) >= 11 is 0. The van der Waals surface area contributed by atoms with Gasteiger partial charge in [0, 0.05) is 6.61 Å². The number of rotatable bonds is 25. The van der Waals surface area contributed by atoms with Gasteiger partial charge in [0.2, 0.25) is 9.76 Å². The predicted octanol–water partition coefficient (Wildman–Crippen LogP) is 9.66. The van der Waals surface area contributed by atoms with Crippen molar-refractivity contribution in [2.75, 3.05) is 6.61 Å². The topological polar surface area (TPSA) is 9.23 Å². The van der Waals surface area contributed by atoms with Gasteiger partial charge in [-0.1, -0.05) is 149 Å². The molecule has 0 fully saturated rings. The Morgan fingerprint density at radius 1 is 0.393 bits per heavy atom. The lowest BCUT2D eigenvalue weighted by molar-refractivity contribution is 0.319. The maximum Gasteiger partial charge on any atom is 0.229 e. The molecule has 0 unspecified atom stereocenters. The minimum atomic E-state index is 0.749. The van der Waals surface area contributed by atoms with Crippen LogP contribution in [0.2, 0.25) is 6.04 Å². The van der Waals surface area contributed by atoms with Crippen LogP contribution in [-0.4, -0.2) is 16.4 Å². The van der Waals surface area contributed by atoms with E-state index in [2.05, 4.69) is 13.8 Å². The summed E-state index contributed by atoms with van der Waals surface area (Å²) in [5.41, 5.74) is 0. The zero-order valence-electron chi connectivity index (χ0n) is 19.9. The van der Waals surface area contributed by atoms with Gasteiger partial charge >= 0.3 is 0 Å². The van der Waals surface area contributed by atoms with E-state index in [4.69, 9.17) is 4.43 Å². The summed E-state index contributed by atoms with van der Waals surface area (Å²) in [5, 5.41) is 0. The van der Waals surface area contributed by atoms with Crippen molar-refractivity contribution in [3.63, 3.8) is 0 Å². The third kappa shape index (κ3) is 26.2. The molecule has 0 heterocycles. The van der Waals surface area contributed by atoms with E-state index in [0.717, 1.165) is 16.4 Å². The second-order valence-electron chi connectivity index (χ2n) is 8.81. The predicted molar refractivity (Wildman–Crippen MR) is 129 cm³/mol. The van der Waals surface area contributed by atoms with Crippen molar-refractivity contribution in [1.82, 2.24) is 0 Å². The van der Waals surface area contributed by atoms with Gasteiger partial charge in [-0.15, -0.1) is 0 Å². The zero-order valence-corrected chi connectivity index (χ0v) is 20.9. The largest absolute Gasteiger partial charge is 0.417 e. The molecule has 0 N–H and O–H groups in total. The maximum atomic E-state index is 5.70. The highest BCUT2D eigenvalue weighted by atomic mass is 28.2. The quantitative estimate of drug-likeness (QED) is 0.107. The van der Waals surface area contributed by atoms with Gasteiger partial charge in [-0.25, -0.2) is 0 Å². The Morgan fingerprint density at radius 2 is 0.714 bits per heavy atom. The van der Waals surface area contributed by atoms with Crippen LogP contribution in [0.4, 0.5) is 0 Å². The van der Waals surface area contributed by atoms with E-state index >= 15 is 0 Å². The summed E-state index contributed by atoms with van der Waals surface area (Å²) < 4.78 is 5.70. The molecule has 0 saturated carbocycles. The SMILES string of the molecule is CCCCCCCCCCCCCCCCCCCCCCO[Si]CCCC. The van der Waals surface area contributed by atoms with Crippen molar-refractivity contribution in [1.29, 1.82) is 0 Å².